The van der Waals surface area contributed by atoms with Crippen molar-refractivity contribution >= 4 is 27.5 Å². The van der Waals surface area contributed by atoms with Crippen molar-refractivity contribution in [3.8, 4) is 0 Å². The number of nitrogens with one attached hydrogen (secondary N) is 1. The van der Waals surface area contributed by atoms with Crippen molar-refractivity contribution in [2.45, 2.75) is 25.7 Å². The zero-order chi connectivity index (χ0) is 17.9. The molecule has 1 amide bonds. The number of nitrogens with zero attached hydrogens (tertiary/aromatic N) is 2. The number of rotatable bonds is 5. The molecule has 0 fully saturated rings. The largest absolute Gasteiger partial charge is 0.323 e. The van der Waals surface area contributed by atoms with Crippen LogP contribution in [0.1, 0.15) is 23.9 Å². The minimum atomic E-state index is -3.23. The smallest absolute Gasteiger partial charge is 0.248 e. The third-order valence-corrected chi connectivity index (χ3v) is 5.58. The van der Waals surface area contributed by atoms with Crippen LogP contribution in [0.25, 0.3) is 6.08 Å². The molecule has 0 saturated heterocycles. The van der Waals surface area contributed by atoms with Crippen LogP contribution in [0.2, 0.25) is 0 Å². The van der Waals surface area contributed by atoms with Gasteiger partial charge in [-0.3, -0.25) is 9.48 Å². The molecule has 1 N–H and O–H groups in total. The molecule has 0 unspecified atom stereocenters. The molecular formula is C17H21N3O3S. The quantitative estimate of drug-likeness (QED) is 0.843. The lowest BCUT2D eigenvalue weighted by atomic mass is 10.2. The molecule has 0 aliphatic carbocycles. The topological polar surface area (TPSA) is 81.1 Å². The molecule has 6 nitrogen and oxygen atoms in total. The lowest BCUT2D eigenvalue weighted by Crippen LogP contribution is -2.08. The Balaban J connectivity index is 2.09. The van der Waals surface area contributed by atoms with Gasteiger partial charge in [0.25, 0.3) is 0 Å². The van der Waals surface area contributed by atoms with Crippen LogP contribution in [0.3, 0.4) is 0 Å². The fourth-order valence-electron chi connectivity index (χ4n) is 2.29. The van der Waals surface area contributed by atoms with E-state index in [1.54, 1.807) is 29.8 Å². The Morgan fingerprint density at radius 3 is 2.38 bits per heavy atom. The molecule has 128 valence electrons. The number of carbonyl (C=O) groups is 1. The van der Waals surface area contributed by atoms with E-state index < -0.39 is 9.84 Å². The second kappa shape index (κ2) is 7.00. The molecule has 1 aromatic heterocycles. The second-order valence-corrected chi connectivity index (χ2v) is 7.74. The average Bonchev–Trinajstić information content (AvgIpc) is 2.78. The van der Waals surface area contributed by atoms with Gasteiger partial charge in [-0.05, 0) is 44.2 Å². The molecule has 0 radical (unpaired) electrons. The normalized spacial score (nSPS) is 11.8. The molecule has 0 spiro atoms. The van der Waals surface area contributed by atoms with Crippen LogP contribution in [-0.4, -0.2) is 29.9 Å². The zero-order valence-electron chi connectivity index (χ0n) is 14.2. The number of anilines is 1. The number of hydrogen-bond acceptors (Lipinski definition) is 4. The standard InChI is InChI=1S/C17H21N3O3S/c1-5-24(22,23)15-8-6-14(7-9-15)18-17(21)11-10-16-12(2)19-20(4)13(16)3/h6-11H,5H2,1-4H3,(H,18,21)/b11-10+. The van der Waals surface area contributed by atoms with Gasteiger partial charge in [0.2, 0.25) is 5.91 Å². The Bertz CT molecular complexity index is 879. The maximum atomic E-state index is 12.0. The number of aromatic nitrogens is 2. The van der Waals surface area contributed by atoms with Crippen molar-refractivity contribution in [2.24, 2.45) is 7.05 Å². The Hall–Kier alpha value is -2.41. The number of aryl methyl sites for hydroxylation is 2. The molecule has 0 aliphatic heterocycles. The van der Waals surface area contributed by atoms with Crippen LogP contribution in [0.4, 0.5) is 5.69 Å². The third-order valence-electron chi connectivity index (χ3n) is 3.83. The number of carbonyl (C=O) groups excluding carboxylic acids is 1. The van der Waals surface area contributed by atoms with E-state index in [0.29, 0.717) is 5.69 Å². The molecule has 0 bridgehead atoms. The molecule has 7 heteroatoms. The Morgan fingerprint density at radius 2 is 1.88 bits per heavy atom. The first-order chi connectivity index (χ1) is 11.2. The Labute approximate surface area is 142 Å². The van der Waals surface area contributed by atoms with Gasteiger partial charge in [0.15, 0.2) is 9.84 Å². The van der Waals surface area contributed by atoms with Gasteiger partial charge in [0, 0.05) is 30.1 Å². The van der Waals surface area contributed by atoms with Crippen LogP contribution < -0.4 is 5.32 Å². The van der Waals surface area contributed by atoms with Gasteiger partial charge in [0.1, 0.15) is 0 Å². The van der Waals surface area contributed by atoms with Crippen LogP contribution in [0, 0.1) is 13.8 Å². The number of sulfone groups is 1. The van der Waals surface area contributed by atoms with Gasteiger partial charge >= 0.3 is 0 Å². The molecule has 0 atom stereocenters. The van der Waals surface area contributed by atoms with Gasteiger partial charge in [0.05, 0.1) is 16.3 Å². The lowest BCUT2D eigenvalue weighted by Gasteiger charge is -2.04. The van der Waals surface area contributed by atoms with Gasteiger partial charge in [-0.2, -0.15) is 5.10 Å². The fourth-order valence-corrected chi connectivity index (χ4v) is 3.17. The van der Waals surface area contributed by atoms with Crippen molar-refractivity contribution in [2.75, 3.05) is 11.1 Å². The summed E-state index contributed by atoms with van der Waals surface area (Å²) < 4.78 is 25.3. The minimum absolute atomic E-state index is 0.0469. The highest BCUT2D eigenvalue weighted by molar-refractivity contribution is 7.91. The summed E-state index contributed by atoms with van der Waals surface area (Å²) in [7, 11) is -1.38. The van der Waals surface area contributed by atoms with Gasteiger partial charge < -0.3 is 5.32 Å². The van der Waals surface area contributed by atoms with Gasteiger partial charge in [-0.1, -0.05) is 6.92 Å². The number of amides is 1. The van der Waals surface area contributed by atoms with Crippen LogP contribution in [0.15, 0.2) is 35.2 Å². The first-order valence-electron chi connectivity index (χ1n) is 7.56. The maximum absolute atomic E-state index is 12.0. The highest BCUT2D eigenvalue weighted by Gasteiger charge is 2.11. The molecule has 0 aliphatic rings. The first kappa shape index (κ1) is 17.9. The SMILES string of the molecule is CCS(=O)(=O)c1ccc(NC(=O)/C=C/c2c(C)nn(C)c2C)cc1. The van der Waals surface area contributed by atoms with Crippen molar-refractivity contribution in [3.63, 3.8) is 0 Å². The molecule has 0 saturated carbocycles. The van der Waals surface area contributed by atoms with Crippen LogP contribution in [0.5, 0.6) is 0 Å². The molecule has 2 aromatic rings. The number of hydrogen-bond donors (Lipinski definition) is 1. The molecular weight excluding hydrogens is 326 g/mol. The van der Waals surface area contributed by atoms with E-state index in [-0.39, 0.29) is 16.6 Å². The predicted molar refractivity (Wildman–Crippen MR) is 94.5 cm³/mol. The third kappa shape index (κ3) is 3.91. The maximum Gasteiger partial charge on any atom is 0.248 e. The zero-order valence-corrected chi connectivity index (χ0v) is 15.0. The van der Waals surface area contributed by atoms with E-state index in [1.807, 2.05) is 20.9 Å². The Kier molecular flexibility index (Phi) is 5.23. The highest BCUT2D eigenvalue weighted by atomic mass is 32.2. The van der Waals surface area contributed by atoms with E-state index in [1.165, 1.54) is 18.2 Å². The summed E-state index contributed by atoms with van der Waals surface area (Å²) in [5.41, 5.74) is 3.29. The van der Waals surface area contributed by atoms with Crippen molar-refractivity contribution in [1.29, 1.82) is 0 Å². The average molecular weight is 347 g/mol. The molecule has 1 aromatic carbocycles. The van der Waals surface area contributed by atoms with E-state index >= 15 is 0 Å². The highest BCUT2D eigenvalue weighted by Crippen LogP contribution is 2.16. The number of benzene rings is 1. The summed E-state index contributed by atoms with van der Waals surface area (Å²) in [6.45, 7) is 5.42. The summed E-state index contributed by atoms with van der Waals surface area (Å²) in [6.07, 6.45) is 3.16. The molecule has 2 rings (SSSR count). The summed E-state index contributed by atoms with van der Waals surface area (Å²) >= 11 is 0. The van der Waals surface area contributed by atoms with E-state index in [9.17, 15) is 13.2 Å². The molecule has 24 heavy (non-hydrogen) atoms. The Morgan fingerprint density at radius 1 is 1.25 bits per heavy atom. The van der Waals surface area contributed by atoms with E-state index in [4.69, 9.17) is 0 Å². The fraction of sp³-hybridized carbons (Fsp3) is 0.294. The summed E-state index contributed by atoms with van der Waals surface area (Å²) in [5, 5.41) is 7.00. The second-order valence-electron chi connectivity index (χ2n) is 5.46. The minimum Gasteiger partial charge on any atom is -0.323 e. The van der Waals surface area contributed by atoms with Gasteiger partial charge in [-0.15, -0.1) is 0 Å². The van der Waals surface area contributed by atoms with Crippen LogP contribution >= 0.6 is 0 Å². The lowest BCUT2D eigenvalue weighted by molar-refractivity contribution is -0.111. The van der Waals surface area contributed by atoms with Crippen molar-refractivity contribution in [3.05, 3.63) is 47.3 Å². The summed E-state index contributed by atoms with van der Waals surface area (Å²) in [4.78, 5) is 12.3. The van der Waals surface area contributed by atoms with E-state index in [0.717, 1.165) is 17.0 Å². The van der Waals surface area contributed by atoms with Crippen LogP contribution in [-0.2, 0) is 21.7 Å². The van der Waals surface area contributed by atoms with Gasteiger partial charge in [-0.25, -0.2) is 8.42 Å². The van der Waals surface area contributed by atoms with Crippen molar-refractivity contribution < 1.29 is 13.2 Å². The van der Waals surface area contributed by atoms with Crippen molar-refractivity contribution in [1.82, 2.24) is 9.78 Å². The monoisotopic (exact) mass is 347 g/mol. The predicted octanol–water partition coefficient (Wildman–Crippen LogP) is 2.48. The molecule has 1 heterocycles. The summed E-state index contributed by atoms with van der Waals surface area (Å²) in [5.74, 6) is -0.241. The summed E-state index contributed by atoms with van der Waals surface area (Å²) in [6, 6.07) is 6.14. The first-order valence-corrected chi connectivity index (χ1v) is 9.22. The van der Waals surface area contributed by atoms with E-state index in [2.05, 4.69) is 10.4 Å².